The van der Waals surface area contributed by atoms with E-state index in [0.29, 0.717) is 0 Å². The molecular formula is C62H41NS. The van der Waals surface area contributed by atoms with Gasteiger partial charge in [-0.25, -0.2) is 0 Å². The molecule has 12 rings (SSSR count). The summed E-state index contributed by atoms with van der Waals surface area (Å²) in [6.07, 6.45) is 0. The molecule has 0 N–H and O–H groups in total. The van der Waals surface area contributed by atoms with E-state index in [9.17, 15) is 0 Å². The fraction of sp³-hybridized carbons (Fsp3) is 0. The van der Waals surface area contributed by atoms with Gasteiger partial charge in [-0.05, 0) is 138 Å². The molecule has 300 valence electrons. The highest BCUT2D eigenvalue weighted by molar-refractivity contribution is 7.26. The molecule has 0 spiro atoms. The molecule has 0 aliphatic heterocycles. The van der Waals surface area contributed by atoms with Crippen molar-refractivity contribution in [3.63, 3.8) is 0 Å². The molecule has 0 fully saturated rings. The Morgan fingerprint density at radius 3 is 1.41 bits per heavy atom. The number of thiophene rings is 1. The first kappa shape index (κ1) is 37.7. The summed E-state index contributed by atoms with van der Waals surface area (Å²) >= 11 is 1.88. The minimum atomic E-state index is 1.10. The van der Waals surface area contributed by atoms with E-state index >= 15 is 0 Å². The Morgan fingerprint density at radius 2 is 0.703 bits per heavy atom. The molecule has 12 aromatic rings. The Morgan fingerprint density at radius 1 is 0.250 bits per heavy atom. The molecule has 11 aromatic carbocycles. The summed E-state index contributed by atoms with van der Waals surface area (Å²) in [4.78, 5) is 2.37. The monoisotopic (exact) mass is 831 g/mol. The van der Waals surface area contributed by atoms with E-state index in [-0.39, 0.29) is 0 Å². The third-order valence-electron chi connectivity index (χ3n) is 12.7. The van der Waals surface area contributed by atoms with Crippen molar-refractivity contribution in [2.45, 2.75) is 0 Å². The zero-order valence-corrected chi connectivity index (χ0v) is 35.8. The van der Waals surface area contributed by atoms with Crippen LogP contribution < -0.4 is 4.90 Å². The summed E-state index contributed by atoms with van der Waals surface area (Å²) in [6, 6.07) is 90.9. The fourth-order valence-electron chi connectivity index (χ4n) is 9.41. The molecule has 0 amide bonds. The van der Waals surface area contributed by atoms with Crippen molar-refractivity contribution in [1.29, 1.82) is 0 Å². The molecule has 64 heavy (non-hydrogen) atoms. The van der Waals surface area contributed by atoms with Gasteiger partial charge < -0.3 is 4.90 Å². The minimum absolute atomic E-state index is 1.10. The average Bonchev–Trinajstić information content (AvgIpc) is 3.76. The first-order valence-electron chi connectivity index (χ1n) is 21.9. The maximum atomic E-state index is 2.37. The molecule has 1 heterocycles. The topological polar surface area (TPSA) is 3.24 Å². The average molecular weight is 832 g/mol. The van der Waals surface area contributed by atoms with E-state index in [1.165, 1.54) is 97.4 Å². The van der Waals surface area contributed by atoms with Crippen LogP contribution in [0.15, 0.2) is 249 Å². The van der Waals surface area contributed by atoms with Gasteiger partial charge in [-0.2, -0.15) is 0 Å². The van der Waals surface area contributed by atoms with E-state index < -0.39 is 0 Å². The fourth-order valence-corrected chi connectivity index (χ4v) is 10.6. The summed E-state index contributed by atoms with van der Waals surface area (Å²) < 4.78 is 2.66. The van der Waals surface area contributed by atoms with E-state index in [1.807, 2.05) is 11.3 Å². The highest BCUT2D eigenvalue weighted by atomic mass is 32.1. The van der Waals surface area contributed by atoms with Crippen LogP contribution >= 0.6 is 11.3 Å². The van der Waals surface area contributed by atoms with Crippen LogP contribution in [0.2, 0.25) is 0 Å². The minimum Gasteiger partial charge on any atom is -0.311 e. The van der Waals surface area contributed by atoms with E-state index in [0.717, 1.165) is 17.1 Å². The van der Waals surface area contributed by atoms with Gasteiger partial charge in [-0.3, -0.25) is 0 Å². The first-order chi connectivity index (χ1) is 31.7. The van der Waals surface area contributed by atoms with Crippen molar-refractivity contribution >= 4 is 70.1 Å². The van der Waals surface area contributed by atoms with Gasteiger partial charge in [0.15, 0.2) is 0 Å². The molecule has 0 radical (unpaired) electrons. The molecule has 1 aromatic heterocycles. The van der Waals surface area contributed by atoms with Crippen LogP contribution in [0.25, 0.3) is 97.4 Å². The Kier molecular flexibility index (Phi) is 9.43. The lowest BCUT2D eigenvalue weighted by molar-refractivity contribution is 1.28. The smallest absolute Gasteiger partial charge is 0.0462 e. The second kappa shape index (κ2) is 16.0. The highest BCUT2D eigenvalue weighted by Gasteiger charge is 2.16. The maximum Gasteiger partial charge on any atom is 0.0462 e. The number of fused-ring (bicyclic) bond motifs is 5. The molecule has 0 unspecified atom stereocenters. The van der Waals surface area contributed by atoms with Crippen molar-refractivity contribution in [1.82, 2.24) is 0 Å². The van der Waals surface area contributed by atoms with Gasteiger partial charge in [0, 0.05) is 37.2 Å². The first-order valence-corrected chi connectivity index (χ1v) is 22.7. The zero-order chi connectivity index (χ0) is 42.4. The normalized spacial score (nSPS) is 11.4. The summed E-state index contributed by atoms with van der Waals surface area (Å²) in [7, 11) is 0. The van der Waals surface area contributed by atoms with Crippen molar-refractivity contribution in [2.75, 3.05) is 4.90 Å². The van der Waals surface area contributed by atoms with E-state index in [1.54, 1.807) is 0 Å². The second-order valence-electron chi connectivity index (χ2n) is 16.5. The Hall–Kier alpha value is -8.04. The number of nitrogens with zero attached hydrogens (tertiary/aromatic N) is 1. The van der Waals surface area contributed by atoms with Crippen LogP contribution in [0.3, 0.4) is 0 Å². The largest absolute Gasteiger partial charge is 0.311 e. The molecule has 0 saturated heterocycles. The van der Waals surface area contributed by atoms with Crippen LogP contribution in [-0.2, 0) is 0 Å². The van der Waals surface area contributed by atoms with Crippen LogP contribution in [0.4, 0.5) is 17.1 Å². The molecule has 0 aliphatic rings. The number of rotatable bonds is 8. The molecular weight excluding hydrogens is 791 g/mol. The Labute approximate surface area is 377 Å². The van der Waals surface area contributed by atoms with E-state index in [4.69, 9.17) is 0 Å². The van der Waals surface area contributed by atoms with Crippen LogP contribution in [0, 0.1) is 0 Å². The summed E-state index contributed by atoms with van der Waals surface area (Å²) in [5, 5.41) is 7.66. The van der Waals surface area contributed by atoms with Crippen LogP contribution in [-0.4, -0.2) is 0 Å². The zero-order valence-electron chi connectivity index (χ0n) is 35.0. The van der Waals surface area contributed by atoms with Crippen molar-refractivity contribution in [2.24, 2.45) is 0 Å². The van der Waals surface area contributed by atoms with Crippen molar-refractivity contribution < 1.29 is 0 Å². The predicted octanol–water partition coefficient (Wildman–Crippen LogP) is 18.2. The van der Waals surface area contributed by atoms with Crippen molar-refractivity contribution in [3.8, 4) is 55.6 Å². The third kappa shape index (κ3) is 6.91. The van der Waals surface area contributed by atoms with Crippen LogP contribution in [0.1, 0.15) is 0 Å². The summed E-state index contributed by atoms with van der Waals surface area (Å²) in [5.41, 5.74) is 15.4. The summed E-state index contributed by atoms with van der Waals surface area (Å²) in [6.45, 7) is 0. The van der Waals surface area contributed by atoms with Gasteiger partial charge in [-0.1, -0.05) is 188 Å². The summed E-state index contributed by atoms with van der Waals surface area (Å²) in [5.74, 6) is 0. The van der Waals surface area contributed by atoms with Gasteiger partial charge in [0.05, 0.1) is 0 Å². The van der Waals surface area contributed by atoms with Gasteiger partial charge in [0.2, 0.25) is 0 Å². The lowest BCUT2D eigenvalue weighted by Crippen LogP contribution is -2.09. The predicted molar refractivity (Wildman–Crippen MR) is 276 cm³/mol. The maximum absolute atomic E-state index is 2.37. The number of hydrogen-bond donors (Lipinski definition) is 0. The van der Waals surface area contributed by atoms with Gasteiger partial charge in [0.25, 0.3) is 0 Å². The standard InChI is InChI=1S/C62H41NS/c1-2-13-47-40-51(26-25-42(47)11-1)50-17-7-15-48(39-50)43-27-33-53(34-28-43)63(55-37-31-46(32-38-55)57-21-9-14-45-12-3-4-19-56(45)57)54-35-29-44(30-36-54)49-16-8-18-52(41-49)58-22-10-23-60-59-20-5-6-24-61(59)64-62(58)60/h1-41H. The molecule has 0 aliphatic carbocycles. The van der Waals surface area contributed by atoms with Gasteiger partial charge >= 0.3 is 0 Å². The Balaban J connectivity index is 0.897. The third-order valence-corrected chi connectivity index (χ3v) is 13.9. The molecule has 2 heteroatoms. The second-order valence-corrected chi connectivity index (χ2v) is 17.6. The molecule has 0 bridgehead atoms. The lowest BCUT2D eigenvalue weighted by Gasteiger charge is -2.26. The molecule has 0 atom stereocenters. The highest BCUT2D eigenvalue weighted by Crippen LogP contribution is 2.42. The van der Waals surface area contributed by atoms with Crippen LogP contribution in [0.5, 0.6) is 0 Å². The Bertz CT molecular complexity index is 3650. The quantitative estimate of drug-likeness (QED) is 0.147. The number of benzene rings is 11. The van der Waals surface area contributed by atoms with E-state index in [2.05, 4.69) is 254 Å². The molecule has 1 nitrogen and oxygen atoms in total. The number of hydrogen-bond acceptors (Lipinski definition) is 2. The van der Waals surface area contributed by atoms with Gasteiger partial charge in [-0.15, -0.1) is 11.3 Å². The van der Waals surface area contributed by atoms with Gasteiger partial charge in [0.1, 0.15) is 0 Å². The number of anilines is 3. The van der Waals surface area contributed by atoms with Crippen molar-refractivity contribution in [3.05, 3.63) is 249 Å². The molecule has 0 saturated carbocycles. The SMILES string of the molecule is c1cc(-c2ccc(N(c3ccc(-c4cccc(-c5cccc6c5sc5ccccc56)c4)cc3)c3ccc(-c4cccc5ccccc45)cc3)cc2)cc(-c2ccc3ccccc3c2)c1. The lowest BCUT2D eigenvalue weighted by atomic mass is 9.96.